The van der Waals surface area contributed by atoms with E-state index in [-0.39, 0.29) is 5.92 Å². The van der Waals surface area contributed by atoms with Gasteiger partial charge in [-0.3, -0.25) is 4.79 Å². The summed E-state index contributed by atoms with van der Waals surface area (Å²) in [7, 11) is 0. The predicted octanol–water partition coefficient (Wildman–Crippen LogP) is 1.88. The molecule has 1 aliphatic rings. The summed E-state index contributed by atoms with van der Waals surface area (Å²) in [4.78, 5) is 10.7. The molecule has 0 radical (unpaired) electrons. The van der Waals surface area contributed by atoms with Crippen LogP contribution in [0.2, 0.25) is 0 Å². The van der Waals surface area contributed by atoms with Gasteiger partial charge in [-0.25, -0.2) is 0 Å². The normalized spacial score (nSPS) is 26.6. The van der Waals surface area contributed by atoms with Crippen molar-refractivity contribution in [1.29, 1.82) is 0 Å². The Balaban J connectivity index is 2.07. The highest BCUT2D eigenvalue weighted by Gasteiger charge is 2.28. The Morgan fingerprint density at radius 2 is 2.29 bits per heavy atom. The van der Waals surface area contributed by atoms with E-state index in [0.717, 1.165) is 32.4 Å². The molecule has 0 bridgehead atoms. The van der Waals surface area contributed by atoms with Gasteiger partial charge < -0.3 is 10.4 Å². The zero-order valence-corrected chi connectivity index (χ0v) is 8.96. The van der Waals surface area contributed by atoms with Crippen LogP contribution < -0.4 is 5.32 Å². The van der Waals surface area contributed by atoms with Crippen LogP contribution in [0.25, 0.3) is 0 Å². The molecule has 1 fully saturated rings. The first-order valence-electron chi connectivity index (χ1n) is 5.67. The van der Waals surface area contributed by atoms with Crippen molar-refractivity contribution in [3.63, 3.8) is 0 Å². The fraction of sp³-hybridized carbons (Fsp3) is 0.909. The quantitative estimate of drug-likeness (QED) is 0.642. The first kappa shape index (κ1) is 11.5. The van der Waals surface area contributed by atoms with E-state index in [1.54, 1.807) is 0 Å². The van der Waals surface area contributed by atoms with Crippen LogP contribution in [0.3, 0.4) is 0 Å². The number of aliphatic carboxylic acids is 1. The molecule has 14 heavy (non-hydrogen) atoms. The van der Waals surface area contributed by atoms with Crippen LogP contribution >= 0.6 is 0 Å². The molecule has 0 heterocycles. The molecule has 0 amide bonds. The van der Waals surface area contributed by atoms with E-state index in [2.05, 4.69) is 12.2 Å². The van der Waals surface area contributed by atoms with Crippen LogP contribution in [-0.2, 0) is 4.79 Å². The Morgan fingerprint density at radius 3 is 2.86 bits per heavy atom. The average molecular weight is 199 g/mol. The van der Waals surface area contributed by atoms with E-state index in [4.69, 9.17) is 5.11 Å². The summed E-state index contributed by atoms with van der Waals surface area (Å²) in [6.07, 6.45) is 5.25. The van der Waals surface area contributed by atoms with Crippen molar-refractivity contribution in [1.82, 2.24) is 5.32 Å². The second-order valence-corrected chi connectivity index (χ2v) is 4.27. The summed E-state index contributed by atoms with van der Waals surface area (Å²) in [6.45, 7) is 4.26. The molecule has 0 spiro atoms. The molecule has 1 rings (SSSR count). The highest BCUT2D eigenvalue weighted by Crippen LogP contribution is 2.30. The molecule has 2 atom stereocenters. The Morgan fingerprint density at radius 1 is 1.50 bits per heavy atom. The van der Waals surface area contributed by atoms with E-state index in [0.29, 0.717) is 5.92 Å². The van der Waals surface area contributed by atoms with Gasteiger partial charge in [0, 0.05) is 0 Å². The van der Waals surface area contributed by atoms with E-state index in [9.17, 15) is 4.79 Å². The molecular weight excluding hydrogens is 178 g/mol. The van der Waals surface area contributed by atoms with Crippen molar-refractivity contribution in [2.45, 2.75) is 39.0 Å². The van der Waals surface area contributed by atoms with Gasteiger partial charge in [-0.15, -0.1) is 0 Å². The Bertz CT molecular complexity index is 182. The third kappa shape index (κ3) is 3.66. The molecule has 82 valence electrons. The summed E-state index contributed by atoms with van der Waals surface area (Å²) in [5, 5.41) is 12.2. The van der Waals surface area contributed by atoms with Crippen LogP contribution in [0.1, 0.15) is 39.0 Å². The van der Waals surface area contributed by atoms with Crippen molar-refractivity contribution in [3.8, 4) is 0 Å². The summed E-state index contributed by atoms with van der Waals surface area (Å²) >= 11 is 0. The minimum Gasteiger partial charge on any atom is -0.481 e. The molecule has 1 aliphatic carbocycles. The van der Waals surface area contributed by atoms with E-state index in [1.165, 1.54) is 12.8 Å². The fourth-order valence-electron chi connectivity index (χ4n) is 2.09. The predicted molar refractivity (Wildman–Crippen MR) is 56.2 cm³/mol. The molecule has 0 aromatic heterocycles. The molecular formula is C11H21NO2. The smallest absolute Gasteiger partial charge is 0.306 e. The SMILES string of the molecule is CCCCNCC1CCC(C(=O)O)C1. The number of hydrogen-bond acceptors (Lipinski definition) is 2. The summed E-state index contributed by atoms with van der Waals surface area (Å²) < 4.78 is 0. The van der Waals surface area contributed by atoms with E-state index in [1.807, 2.05) is 0 Å². The lowest BCUT2D eigenvalue weighted by Gasteiger charge is -2.10. The number of hydrogen-bond donors (Lipinski definition) is 2. The van der Waals surface area contributed by atoms with Gasteiger partial charge in [0.25, 0.3) is 0 Å². The molecule has 2 unspecified atom stereocenters. The van der Waals surface area contributed by atoms with Crippen LogP contribution in [0, 0.1) is 11.8 Å². The average Bonchev–Trinajstić information content (AvgIpc) is 2.61. The molecule has 0 aromatic carbocycles. The monoisotopic (exact) mass is 199 g/mol. The Labute approximate surface area is 85.9 Å². The first-order valence-corrected chi connectivity index (χ1v) is 5.67. The number of carboxylic acid groups (broad SMARTS) is 1. The lowest BCUT2D eigenvalue weighted by atomic mass is 10.1. The van der Waals surface area contributed by atoms with Gasteiger partial charge >= 0.3 is 5.97 Å². The lowest BCUT2D eigenvalue weighted by molar-refractivity contribution is -0.141. The summed E-state index contributed by atoms with van der Waals surface area (Å²) in [6, 6.07) is 0. The van der Waals surface area contributed by atoms with Gasteiger partial charge in [-0.2, -0.15) is 0 Å². The zero-order chi connectivity index (χ0) is 10.4. The minimum absolute atomic E-state index is 0.0759. The maximum Gasteiger partial charge on any atom is 0.306 e. The highest BCUT2D eigenvalue weighted by molar-refractivity contribution is 5.70. The number of carboxylic acids is 1. The van der Waals surface area contributed by atoms with Crippen molar-refractivity contribution < 1.29 is 9.90 Å². The maximum absolute atomic E-state index is 10.7. The number of nitrogens with one attached hydrogen (secondary N) is 1. The van der Waals surface area contributed by atoms with Crippen molar-refractivity contribution in [3.05, 3.63) is 0 Å². The van der Waals surface area contributed by atoms with Gasteiger partial charge in [0.05, 0.1) is 5.92 Å². The van der Waals surface area contributed by atoms with Crippen molar-refractivity contribution in [2.75, 3.05) is 13.1 Å². The molecule has 0 saturated heterocycles. The molecule has 0 aliphatic heterocycles. The van der Waals surface area contributed by atoms with Crippen LogP contribution in [-0.4, -0.2) is 24.2 Å². The van der Waals surface area contributed by atoms with Crippen LogP contribution in [0.4, 0.5) is 0 Å². The van der Waals surface area contributed by atoms with Gasteiger partial charge in [-0.1, -0.05) is 13.3 Å². The lowest BCUT2D eigenvalue weighted by Crippen LogP contribution is -2.22. The second-order valence-electron chi connectivity index (χ2n) is 4.27. The third-order valence-corrected chi connectivity index (χ3v) is 3.03. The van der Waals surface area contributed by atoms with Crippen LogP contribution in [0.15, 0.2) is 0 Å². The van der Waals surface area contributed by atoms with Gasteiger partial charge in [-0.05, 0) is 44.7 Å². The van der Waals surface area contributed by atoms with E-state index >= 15 is 0 Å². The summed E-state index contributed by atoms with van der Waals surface area (Å²) in [5.41, 5.74) is 0. The topological polar surface area (TPSA) is 49.3 Å². The first-order chi connectivity index (χ1) is 6.74. The Kier molecular flexibility index (Phi) is 4.94. The third-order valence-electron chi connectivity index (χ3n) is 3.03. The highest BCUT2D eigenvalue weighted by atomic mass is 16.4. The molecule has 3 nitrogen and oxygen atoms in total. The maximum atomic E-state index is 10.7. The van der Waals surface area contributed by atoms with Crippen LogP contribution in [0.5, 0.6) is 0 Å². The molecule has 0 aromatic rings. The standard InChI is InChI=1S/C11H21NO2/c1-2-3-6-12-8-9-4-5-10(7-9)11(13)14/h9-10,12H,2-8H2,1H3,(H,13,14). The molecule has 3 heteroatoms. The Hall–Kier alpha value is -0.570. The van der Waals surface area contributed by atoms with Gasteiger partial charge in [0.1, 0.15) is 0 Å². The largest absolute Gasteiger partial charge is 0.481 e. The van der Waals surface area contributed by atoms with E-state index < -0.39 is 5.97 Å². The second kappa shape index (κ2) is 6.02. The van der Waals surface area contributed by atoms with Crippen molar-refractivity contribution >= 4 is 5.97 Å². The van der Waals surface area contributed by atoms with Gasteiger partial charge in [0.15, 0.2) is 0 Å². The molecule has 1 saturated carbocycles. The number of unbranched alkanes of at least 4 members (excludes halogenated alkanes) is 1. The minimum atomic E-state index is -0.610. The van der Waals surface area contributed by atoms with Gasteiger partial charge in [0.2, 0.25) is 0 Å². The summed E-state index contributed by atoms with van der Waals surface area (Å²) in [5.74, 6) is -0.0954. The zero-order valence-electron chi connectivity index (χ0n) is 8.96. The molecule has 2 N–H and O–H groups in total. The number of rotatable bonds is 6. The van der Waals surface area contributed by atoms with Crippen molar-refractivity contribution in [2.24, 2.45) is 11.8 Å². The fourth-order valence-corrected chi connectivity index (χ4v) is 2.09. The number of carbonyl (C=O) groups is 1.